The highest BCUT2D eigenvalue weighted by molar-refractivity contribution is 7.14. The van der Waals surface area contributed by atoms with Crippen molar-refractivity contribution in [3.05, 3.63) is 56.0 Å². The fraction of sp³-hybridized carbons (Fsp3) is 0.333. The molecule has 0 atom stereocenters. The molecule has 0 saturated heterocycles. The molecule has 25 heavy (non-hydrogen) atoms. The molecular formula is C18H18ClFN2O2S. The van der Waals surface area contributed by atoms with E-state index in [4.69, 9.17) is 11.6 Å². The maximum atomic E-state index is 13.0. The molecule has 7 heteroatoms. The second kappa shape index (κ2) is 7.97. The maximum absolute atomic E-state index is 13.0. The maximum Gasteiger partial charge on any atom is 0.279 e. The molecule has 1 aromatic heterocycles. The van der Waals surface area contributed by atoms with E-state index in [9.17, 15) is 14.0 Å². The van der Waals surface area contributed by atoms with Gasteiger partial charge < -0.3 is 0 Å². The predicted octanol–water partition coefficient (Wildman–Crippen LogP) is 4.27. The van der Waals surface area contributed by atoms with E-state index >= 15 is 0 Å². The first kappa shape index (κ1) is 17.9. The van der Waals surface area contributed by atoms with Gasteiger partial charge in [0.05, 0.1) is 15.5 Å². The predicted molar refractivity (Wildman–Crippen MR) is 96.5 cm³/mol. The normalized spacial score (nSPS) is 14.2. The number of benzene rings is 1. The third-order valence-electron chi connectivity index (χ3n) is 4.19. The van der Waals surface area contributed by atoms with Gasteiger partial charge in [0.2, 0.25) is 0 Å². The minimum Gasteiger partial charge on any atom is -0.267 e. The molecular weight excluding hydrogens is 363 g/mol. The summed E-state index contributed by atoms with van der Waals surface area (Å²) in [4.78, 5) is 26.2. The Labute approximate surface area is 154 Å². The van der Waals surface area contributed by atoms with Crippen LogP contribution in [0.4, 0.5) is 4.39 Å². The third kappa shape index (κ3) is 4.38. The highest BCUT2D eigenvalue weighted by Crippen LogP contribution is 2.28. The van der Waals surface area contributed by atoms with Gasteiger partial charge in [-0.3, -0.25) is 20.4 Å². The summed E-state index contributed by atoms with van der Waals surface area (Å²) in [7, 11) is 0. The van der Waals surface area contributed by atoms with Crippen molar-refractivity contribution in [3.63, 3.8) is 0 Å². The lowest BCUT2D eigenvalue weighted by Gasteiger charge is -2.07. The number of amides is 2. The van der Waals surface area contributed by atoms with E-state index in [1.807, 2.05) is 6.07 Å². The number of hydrazine groups is 1. The molecule has 1 aliphatic carbocycles. The molecule has 0 fully saturated rings. The second-order valence-corrected chi connectivity index (χ2v) is 7.55. The van der Waals surface area contributed by atoms with Gasteiger partial charge in [0.25, 0.3) is 11.8 Å². The number of halogens is 2. The van der Waals surface area contributed by atoms with Gasteiger partial charge in [0, 0.05) is 4.88 Å². The van der Waals surface area contributed by atoms with E-state index in [1.165, 1.54) is 40.7 Å². The fourth-order valence-electron chi connectivity index (χ4n) is 2.87. The number of nitrogens with one attached hydrogen (secondary N) is 2. The lowest BCUT2D eigenvalue weighted by molar-refractivity contribution is 0.0849. The summed E-state index contributed by atoms with van der Waals surface area (Å²) in [6.07, 6.45) is 6.75. The average Bonchev–Trinajstić information content (AvgIpc) is 2.94. The number of fused-ring (bicyclic) bond motifs is 1. The summed E-state index contributed by atoms with van der Waals surface area (Å²) in [6.45, 7) is 0. The Hall–Kier alpha value is -1.92. The number of thiophene rings is 1. The molecule has 132 valence electrons. The van der Waals surface area contributed by atoms with E-state index in [1.54, 1.807) is 0 Å². The van der Waals surface area contributed by atoms with E-state index in [-0.39, 0.29) is 16.5 Å². The van der Waals surface area contributed by atoms with Gasteiger partial charge in [-0.15, -0.1) is 11.3 Å². The van der Waals surface area contributed by atoms with Gasteiger partial charge >= 0.3 is 0 Å². The van der Waals surface area contributed by atoms with Crippen LogP contribution in [0.3, 0.4) is 0 Å². The van der Waals surface area contributed by atoms with Crippen LogP contribution < -0.4 is 10.9 Å². The van der Waals surface area contributed by atoms with Crippen LogP contribution in [-0.4, -0.2) is 11.8 Å². The monoisotopic (exact) mass is 380 g/mol. The Kier molecular flexibility index (Phi) is 5.71. The van der Waals surface area contributed by atoms with Crippen LogP contribution in [0, 0.1) is 5.82 Å². The van der Waals surface area contributed by atoms with Crippen molar-refractivity contribution >= 4 is 34.8 Å². The smallest absolute Gasteiger partial charge is 0.267 e. The topological polar surface area (TPSA) is 58.2 Å². The van der Waals surface area contributed by atoms with Crippen molar-refractivity contribution < 1.29 is 14.0 Å². The zero-order valence-corrected chi connectivity index (χ0v) is 15.1. The van der Waals surface area contributed by atoms with Crippen molar-refractivity contribution in [3.8, 4) is 0 Å². The average molecular weight is 381 g/mol. The molecule has 1 aromatic carbocycles. The van der Waals surface area contributed by atoms with Gasteiger partial charge in [0.1, 0.15) is 5.82 Å². The number of hydrogen-bond donors (Lipinski definition) is 2. The van der Waals surface area contributed by atoms with Crippen LogP contribution in [0.1, 0.15) is 56.2 Å². The van der Waals surface area contributed by atoms with Gasteiger partial charge in [0.15, 0.2) is 0 Å². The molecule has 0 aliphatic heterocycles. The van der Waals surface area contributed by atoms with Gasteiger partial charge in [-0.2, -0.15) is 0 Å². The zero-order chi connectivity index (χ0) is 17.8. The molecule has 2 aromatic rings. The minimum absolute atomic E-state index is 0.00848. The summed E-state index contributed by atoms with van der Waals surface area (Å²) in [5, 5.41) is -0.00848. The van der Waals surface area contributed by atoms with E-state index in [2.05, 4.69) is 10.9 Å². The molecule has 0 spiro atoms. The SMILES string of the molecule is O=C(NNC(=O)c1ccc(F)cc1Cl)c1cc2c(s1)CCCCCC2. The summed E-state index contributed by atoms with van der Waals surface area (Å²) < 4.78 is 13.0. The number of carbonyl (C=O) groups excluding carboxylic acids is 2. The summed E-state index contributed by atoms with van der Waals surface area (Å²) in [5.74, 6) is -1.47. The lowest BCUT2D eigenvalue weighted by atomic mass is 10.00. The number of hydrogen-bond acceptors (Lipinski definition) is 3. The van der Waals surface area contributed by atoms with Crippen LogP contribution in [0.25, 0.3) is 0 Å². The summed E-state index contributed by atoms with van der Waals surface area (Å²) in [6, 6.07) is 5.38. The highest BCUT2D eigenvalue weighted by Gasteiger charge is 2.17. The number of aryl methyl sites for hydroxylation is 2. The Morgan fingerprint density at radius 3 is 2.48 bits per heavy atom. The number of carbonyl (C=O) groups is 2. The molecule has 0 saturated carbocycles. The minimum atomic E-state index is -0.590. The van der Waals surface area contributed by atoms with Crippen LogP contribution in [0.15, 0.2) is 24.3 Å². The second-order valence-electron chi connectivity index (χ2n) is 6.01. The van der Waals surface area contributed by atoms with Crippen molar-refractivity contribution in [2.24, 2.45) is 0 Å². The quantitative estimate of drug-likeness (QED) is 0.764. The molecule has 3 rings (SSSR count). The third-order valence-corrected chi connectivity index (χ3v) is 5.73. The summed E-state index contributed by atoms with van der Waals surface area (Å²) >= 11 is 7.32. The van der Waals surface area contributed by atoms with Crippen molar-refractivity contribution in [1.82, 2.24) is 10.9 Å². The molecule has 2 amide bonds. The Bertz CT molecular complexity index is 781. The Balaban J connectivity index is 1.64. The largest absolute Gasteiger partial charge is 0.279 e. The van der Waals surface area contributed by atoms with Gasteiger partial charge in [-0.05, 0) is 55.5 Å². The van der Waals surface area contributed by atoms with E-state index in [0.717, 1.165) is 37.8 Å². The summed E-state index contributed by atoms with van der Waals surface area (Å²) in [5.41, 5.74) is 6.06. The molecule has 0 radical (unpaired) electrons. The number of rotatable bonds is 2. The molecule has 1 aliphatic rings. The first-order valence-corrected chi connectivity index (χ1v) is 9.41. The lowest BCUT2D eigenvalue weighted by Crippen LogP contribution is -2.41. The Morgan fingerprint density at radius 2 is 1.72 bits per heavy atom. The standard InChI is InChI=1S/C18H18ClFN2O2S/c19-14-10-12(20)7-8-13(14)17(23)21-22-18(24)16-9-11-5-3-1-2-4-6-15(11)25-16/h7-10H,1-6H2,(H,21,23)(H,22,24). The van der Waals surface area contributed by atoms with E-state index < -0.39 is 11.7 Å². The molecule has 2 N–H and O–H groups in total. The van der Waals surface area contributed by atoms with Crippen molar-refractivity contribution in [2.45, 2.75) is 38.5 Å². The van der Waals surface area contributed by atoms with Crippen LogP contribution >= 0.6 is 22.9 Å². The molecule has 4 nitrogen and oxygen atoms in total. The molecule has 0 bridgehead atoms. The zero-order valence-electron chi connectivity index (χ0n) is 13.5. The van der Waals surface area contributed by atoms with Crippen LogP contribution in [0.5, 0.6) is 0 Å². The fourth-order valence-corrected chi connectivity index (χ4v) is 4.27. The van der Waals surface area contributed by atoms with Crippen molar-refractivity contribution in [2.75, 3.05) is 0 Å². The van der Waals surface area contributed by atoms with Crippen molar-refractivity contribution in [1.29, 1.82) is 0 Å². The highest BCUT2D eigenvalue weighted by atomic mass is 35.5. The Morgan fingerprint density at radius 1 is 1.00 bits per heavy atom. The first-order chi connectivity index (χ1) is 12.0. The van der Waals surface area contributed by atoms with Crippen LogP contribution in [0.2, 0.25) is 5.02 Å². The van der Waals surface area contributed by atoms with E-state index in [0.29, 0.717) is 4.88 Å². The van der Waals surface area contributed by atoms with Gasteiger partial charge in [-0.1, -0.05) is 24.4 Å². The molecule has 1 heterocycles. The first-order valence-electron chi connectivity index (χ1n) is 8.22. The van der Waals surface area contributed by atoms with Crippen LogP contribution in [-0.2, 0) is 12.8 Å². The molecule has 0 unspecified atom stereocenters. The van der Waals surface area contributed by atoms with Gasteiger partial charge in [-0.25, -0.2) is 4.39 Å².